The van der Waals surface area contributed by atoms with Gasteiger partial charge in [0.25, 0.3) is 0 Å². The van der Waals surface area contributed by atoms with E-state index >= 15 is 0 Å². The second-order valence-electron chi connectivity index (χ2n) is 2.87. The fourth-order valence-corrected chi connectivity index (χ4v) is 1.48. The molecule has 0 atom stereocenters. The van der Waals surface area contributed by atoms with Crippen LogP contribution in [0, 0.1) is 5.82 Å². The molecule has 0 unspecified atom stereocenters. The van der Waals surface area contributed by atoms with Gasteiger partial charge in [0.15, 0.2) is 0 Å². The Labute approximate surface area is 76.4 Å². The van der Waals surface area contributed by atoms with Crippen LogP contribution in [0.3, 0.4) is 0 Å². The van der Waals surface area contributed by atoms with Gasteiger partial charge < -0.3 is 0 Å². The molecule has 12 heavy (non-hydrogen) atoms. The van der Waals surface area contributed by atoms with Crippen LogP contribution in [0.15, 0.2) is 18.5 Å². The van der Waals surface area contributed by atoms with Crippen molar-refractivity contribution in [1.29, 1.82) is 0 Å². The predicted molar refractivity (Wildman–Crippen MR) is 50.6 cm³/mol. The number of hydrogen-bond donors (Lipinski definition) is 0. The lowest BCUT2D eigenvalue weighted by molar-refractivity contribution is 0.619. The number of pyridine rings is 1. The molecule has 0 N–H and O–H groups in total. The van der Waals surface area contributed by atoms with Crippen LogP contribution in [-0.4, -0.2) is 10.2 Å². The number of hydrogen-bond acceptors (Lipinski definition) is 2. The first kappa shape index (κ1) is 9.52. The molecular formula is C9H12FNS. The zero-order valence-corrected chi connectivity index (χ0v) is 8.07. The molecule has 0 aliphatic heterocycles. The van der Waals surface area contributed by atoms with Gasteiger partial charge in [0.05, 0.1) is 6.20 Å². The molecule has 1 heterocycles. The van der Waals surface area contributed by atoms with E-state index in [-0.39, 0.29) is 5.82 Å². The molecule has 0 saturated heterocycles. The Morgan fingerprint density at radius 2 is 2.25 bits per heavy atom. The average Bonchev–Trinajstić information content (AvgIpc) is 2.01. The highest BCUT2D eigenvalue weighted by Crippen LogP contribution is 2.16. The van der Waals surface area contributed by atoms with E-state index in [1.807, 2.05) is 0 Å². The van der Waals surface area contributed by atoms with Crippen LogP contribution >= 0.6 is 11.8 Å². The molecule has 0 aliphatic carbocycles. The third kappa shape index (κ3) is 3.22. The van der Waals surface area contributed by atoms with Crippen LogP contribution in [0.25, 0.3) is 0 Å². The lowest BCUT2D eigenvalue weighted by Gasteiger charge is -2.03. The van der Waals surface area contributed by atoms with Gasteiger partial charge in [-0.2, -0.15) is 11.8 Å². The molecule has 1 aromatic rings. The summed E-state index contributed by atoms with van der Waals surface area (Å²) in [5, 5.41) is 0.577. The molecule has 3 heteroatoms. The Balaban J connectivity index is 2.52. The number of aromatic nitrogens is 1. The molecule has 0 fully saturated rings. The fraction of sp³-hybridized carbons (Fsp3) is 0.444. The van der Waals surface area contributed by atoms with E-state index in [0.29, 0.717) is 5.25 Å². The number of halogens is 1. The smallest absolute Gasteiger partial charge is 0.141 e. The fourth-order valence-electron chi connectivity index (χ4n) is 0.798. The quantitative estimate of drug-likeness (QED) is 0.718. The van der Waals surface area contributed by atoms with Crippen LogP contribution in [0.5, 0.6) is 0 Å². The maximum absolute atomic E-state index is 12.6. The van der Waals surface area contributed by atoms with E-state index in [9.17, 15) is 4.39 Å². The summed E-state index contributed by atoms with van der Waals surface area (Å²) in [6.45, 7) is 4.24. The molecule has 1 aromatic heterocycles. The Bertz CT molecular complexity index is 250. The van der Waals surface area contributed by atoms with Crippen LogP contribution in [-0.2, 0) is 5.75 Å². The topological polar surface area (TPSA) is 12.9 Å². The second-order valence-corrected chi connectivity index (χ2v) is 4.44. The molecule has 0 saturated carbocycles. The summed E-state index contributed by atoms with van der Waals surface area (Å²) in [4.78, 5) is 3.77. The lowest BCUT2D eigenvalue weighted by Crippen LogP contribution is -1.90. The van der Waals surface area contributed by atoms with Gasteiger partial charge in [0, 0.05) is 11.9 Å². The average molecular weight is 185 g/mol. The summed E-state index contributed by atoms with van der Waals surface area (Å²) < 4.78 is 12.6. The highest BCUT2D eigenvalue weighted by Gasteiger charge is 1.98. The monoisotopic (exact) mass is 185 g/mol. The van der Waals surface area contributed by atoms with Crippen molar-refractivity contribution in [3.8, 4) is 0 Å². The Hall–Kier alpha value is -0.570. The van der Waals surface area contributed by atoms with Crippen molar-refractivity contribution in [2.75, 3.05) is 0 Å². The predicted octanol–water partition coefficient (Wildman–Crippen LogP) is 2.86. The van der Waals surface area contributed by atoms with Gasteiger partial charge in [-0.05, 0) is 16.9 Å². The second kappa shape index (κ2) is 4.45. The Morgan fingerprint density at radius 1 is 1.50 bits per heavy atom. The molecule has 1 nitrogen and oxygen atoms in total. The van der Waals surface area contributed by atoms with Crippen LogP contribution < -0.4 is 0 Å². The molecule has 0 amide bonds. The van der Waals surface area contributed by atoms with E-state index in [0.717, 1.165) is 11.3 Å². The summed E-state index contributed by atoms with van der Waals surface area (Å²) in [5.41, 5.74) is 0.953. The largest absolute Gasteiger partial charge is 0.261 e. The van der Waals surface area contributed by atoms with Crippen molar-refractivity contribution in [1.82, 2.24) is 4.98 Å². The van der Waals surface area contributed by atoms with Crippen LogP contribution in [0.1, 0.15) is 19.4 Å². The van der Waals surface area contributed by atoms with Crippen molar-refractivity contribution in [3.63, 3.8) is 0 Å². The summed E-state index contributed by atoms with van der Waals surface area (Å²) in [7, 11) is 0. The van der Waals surface area contributed by atoms with E-state index in [4.69, 9.17) is 0 Å². The molecule has 1 rings (SSSR count). The van der Waals surface area contributed by atoms with Gasteiger partial charge in [-0.25, -0.2) is 4.39 Å². The molecule has 0 spiro atoms. The zero-order valence-electron chi connectivity index (χ0n) is 7.25. The highest BCUT2D eigenvalue weighted by molar-refractivity contribution is 7.99. The summed E-state index contributed by atoms with van der Waals surface area (Å²) in [6.07, 6.45) is 2.93. The molecule has 0 aromatic carbocycles. The standard InChI is InChI=1S/C9H12FNS/c1-7(2)12-6-8-3-9(10)5-11-4-8/h3-5,7H,6H2,1-2H3. The summed E-state index contributed by atoms with van der Waals surface area (Å²) in [6, 6.07) is 1.53. The van der Waals surface area contributed by atoms with E-state index in [2.05, 4.69) is 18.8 Å². The molecule has 0 radical (unpaired) electrons. The van der Waals surface area contributed by atoms with Gasteiger partial charge >= 0.3 is 0 Å². The van der Waals surface area contributed by atoms with Gasteiger partial charge in [-0.1, -0.05) is 13.8 Å². The minimum absolute atomic E-state index is 0.253. The number of rotatable bonds is 3. The third-order valence-electron chi connectivity index (χ3n) is 1.34. The SMILES string of the molecule is CC(C)SCc1cncc(F)c1. The first-order chi connectivity index (χ1) is 5.68. The van der Waals surface area contributed by atoms with Crippen LogP contribution in [0.4, 0.5) is 4.39 Å². The number of nitrogens with zero attached hydrogens (tertiary/aromatic N) is 1. The van der Waals surface area contributed by atoms with Gasteiger partial charge in [-0.3, -0.25) is 4.98 Å². The molecular weight excluding hydrogens is 173 g/mol. The third-order valence-corrected chi connectivity index (χ3v) is 2.51. The first-order valence-electron chi connectivity index (χ1n) is 3.89. The maximum atomic E-state index is 12.6. The van der Waals surface area contributed by atoms with Gasteiger partial charge in [0.1, 0.15) is 5.82 Å². The molecule has 0 bridgehead atoms. The van der Waals surface area contributed by atoms with E-state index < -0.39 is 0 Å². The van der Waals surface area contributed by atoms with Crippen molar-refractivity contribution in [3.05, 3.63) is 29.8 Å². The van der Waals surface area contributed by atoms with Gasteiger partial charge in [-0.15, -0.1) is 0 Å². The minimum atomic E-state index is -0.253. The normalized spacial score (nSPS) is 10.7. The summed E-state index contributed by atoms with van der Waals surface area (Å²) in [5.74, 6) is 0.583. The van der Waals surface area contributed by atoms with E-state index in [1.54, 1.807) is 18.0 Å². The summed E-state index contributed by atoms with van der Waals surface area (Å²) >= 11 is 1.79. The van der Waals surface area contributed by atoms with E-state index in [1.165, 1.54) is 12.3 Å². The number of thioether (sulfide) groups is 1. The van der Waals surface area contributed by atoms with Crippen molar-refractivity contribution in [2.45, 2.75) is 24.9 Å². The van der Waals surface area contributed by atoms with Gasteiger partial charge in [0.2, 0.25) is 0 Å². The minimum Gasteiger partial charge on any atom is -0.261 e. The van der Waals surface area contributed by atoms with Crippen molar-refractivity contribution >= 4 is 11.8 Å². The Morgan fingerprint density at radius 3 is 2.83 bits per heavy atom. The van der Waals surface area contributed by atoms with Crippen LogP contribution in [0.2, 0.25) is 0 Å². The first-order valence-corrected chi connectivity index (χ1v) is 4.94. The zero-order chi connectivity index (χ0) is 8.97. The van der Waals surface area contributed by atoms with Crippen molar-refractivity contribution in [2.24, 2.45) is 0 Å². The molecule has 66 valence electrons. The Kier molecular flexibility index (Phi) is 3.53. The lowest BCUT2D eigenvalue weighted by atomic mass is 10.3. The maximum Gasteiger partial charge on any atom is 0.141 e. The van der Waals surface area contributed by atoms with Crippen molar-refractivity contribution < 1.29 is 4.39 Å². The highest BCUT2D eigenvalue weighted by atomic mass is 32.2. The molecule has 0 aliphatic rings.